The quantitative estimate of drug-likeness (QED) is 0.175. The molecule has 11 nitrogen and oxygen atoms in total. The zero-order chi connectivity index (χ0) is 30.3. The maximum Gasteiger partial charge on any atom is 0.408 e. The lowest BCUT2D eigenvalue weighted by atomic mass is 9.98. The van der Waals surface area contributed by atoms with Crippen molar-refractivity contribution in [3.8, 4) is 5.75 Å². The Bertz CT molecular complexity index is 977. The fourth-order valence-corrected chi connectivity index (χ4v) is 4.06. The molecular weight excluding hydrogens is 518 g/mol. The highest BCUT2D eigenvalue weighted by Crippen LogP contribution is 2.32. The molecule has 0 heterocycles. The first-order valence-electron chi connectivity index (χ1n) is 14.0. The summed E-state index contributed by atoms with van der Waals surface area (Å²) in [5, 5.41) is 26.0. The molecule has 3 amide bonds. The number of aryl methyl sites for hydroxylation is 1. The number of aliphatic hydroxyl groups is 1. The Morgan fingerprint density at radius 1 is 1.05 bits per heavy atom. The molecule has 0 spiro atoms. The maximum absolute atomic E-state index is 13.8. The van der Waals surface area contributed by atoms with Crippen LogP contribution < -0.4 is 10.6 Å². The molecule has 2 unspecified atom stereocenters. The van der Waals surface area contributed by atoms with E-state index in [1.165, 1.54) is 4.90 Å². The van der Waals surface area contributed by atoms with E-state index in [9.17, 15) is 29.4 Å². The second-order valence-corrected chi connectivity index (χ2v) is 10.6. The molecule has 0 saturated heterocycles. The van der Waals surface area contributed by atoms with Crippen LogP contribution in [0.4, 0.5) is 4.79 Å². The van der Waals surface area contributed by atoms with Crippen molar-refractivity contribution in [2.75, 3.05) is 26.3 Å². The van der Waals surface area contributed by atoms with Crippen molar-refractivity contribution in [3.63, 3.8) is 0 Å². The number of esters is 1. The largest absolute Gasteiger partial charge is 0.507 e. The summed E-state index contributed by atoms with van der Waals surface area (Å²) in [6.07, 6.45) is 3.35. The molecule has 1 aromatic rings. The number of phenols is 1. The minimum absolute atomic E-state index is 0.0428. The molecule has 11 heteroatoms. The van der Waals surface area contributed by atoms with Crippen molar-refractivity contribution in [2.24, 2.45) is 0 Å². The molecule has 0 aliphatic heterocycles. The lowest BCUT2D eigenvalue weighted by Gasteiger charge is -2.34. The molecule has 0 aromatic heterocycles. The van der Waals surface area contributed by atoms with Crippen LogP contribution in [0.25, 0.3) is 0 Å². The number of aromatic hydroxyl groups is 1. The van der Waals surface area contributed by atoms with E-state index in [0.29, 0.717) is 12.0 Å². The second kappa shape index (κ2) is 17.4. The van der Waals surface area contributed by atoms with E-state index in [1.54, 1.807) is 52.8 Å². The molecule has 0 radical (unpaired) electrons. The fraction of sp³-hybridized carbons (Fsp3) is 0.655. The van der Waals surface area contributed by atoms with Gasteiger partial charge in [-0.2, -0.15) is 0 Å². The van der Waals surface area contributed by atoms with Gasteiger partial charge in [-0.05, 0) is 46.6 Å². The number of nitrogens with zero attached hydrogens (tertiary/aromatic N) is 1. The Morgan fingerprint density at radius 2 is 1.73 bits per heavy atom. The number of aliphatic hydroxyl groups excluding tert-OH is 1. The summed E-state index contributed by atoms with van der Waals surface area (Å²) < 4.78 is 10.2. The number of alkyl carbamates (subject to hydrolysis) is 1. The van der Waals surface area contributed by atoms with E-state index in [1.807, 2.05) is 0 Å². The Morgan fingerprint density at radius 3 is 2.33 bits per heavy atom. The van der Waals surface area contributed by atoms with Gasteiger partial charge >= 0.3 is 12.1 Å². The summed E-state index contributed by atoms with van der Waals surface area (Å²) in [5.41, 5.74) is -0.145. The summed E-state index contributed by atoms with van der Waals surface area (Å²) >= 11 is 0. The summed E-state index contributed by atoms with van der Waals surface area (Å²) in [6.45, 7) is 10.00. The predicted octanol–water partition coefficient (Wildman–Crippen LogP) is 3.50. The standard InChI is InChI=1S/C29H47N3O8/c1-7-9-10-11-12-18-32(27(37)22(19-33)31-28(38)40-29(4,5)6)24(21-15-13-14-20(3)25(21)35)26(36)30-17-16-23(34)39-8-2/h13-15,22,24,33,35H,7-12,16-19H2,1-6H3,(H,30,36)(H,31,38). The Balaban J connectivity index is 3.41. The lowest BCUT2D eigenvalue weighted by molar-refractivity contribution is -0.144. The van der Waals surface area contributed by atoms with Gasteiger partial charge < -0.3 is 35.2 Å². The van der Waals surface area contributed by atoms with Crippen LogP contribution in [0.1, 0.15) is 90.3 Å². The normalized spacial score (nSPS) is 12.7. The van der Waals surface area contributed by atoms with Crippen LogP contribution in [0.2, 0.25) is 0 Å². The van der Waals surface area contributed by atoms with E-state index in [-0.39, 0.29) is 37.4 Å². The Kier molecular flexibility index (Phi) is 15.1. The summed E-state index contributed by atoms with van der Waals surface area (Å²) in [6, 6.07) is 2.19. The van der Waals surface area contributed by atoms with Gasteiger partial charge in [0.25, 0.3) is 0 Å². The van der Waals surface area contributed by atoms with E-state index in [4.69, 9.17) is 9.47 Å². The van der Waals surface area contributed by atoms with Crippen LogP contribution in [-0.2, 0) is 23.9 Å². The number of carbonyl (C=O) groups excluding carboxylic acids is 4. The first-order valence-corrected chi connectivity index (χ1v) is 14.0. The second-order valence-electron chi connectivity index (χ2n) is 10.6. The molecule has 0 saturated carbocycles. The van der Waals surface area contributed by atoms with Crippen molar-refractivity contribution in [3.05, 3.63) is 29.3 Å². The molecule has 1 rings (SSSR count). The number of carbonyl (C=O) groups is 4. The third kappa shape index (κ3) is 11.8. The van der Waals surface area contributed by atoms with Crippen LogP contribution in [0, 0.1) is 6.92 Å². The van der Waals surface area contributed by atoms with E-state index in [0.717, 1.165) is 25.7 Å². The first kappa shape index (κ1) is 34.7. The minimum atomic E-state index is -1.40. The number of hydrogen-bond acceptors (Lipinski definition) is 8. The van der Waals surface area contributed by atoms with Crippen molar-refractivity contribution < 1.29 is 38.9 Å². The molecule has 0 bridgehead atoms. The highest BCUT2D eigenvalue weighted by molar-refractivity contribution is 5.92. The van der Waals surface area contributed by atoms with Gasteiger partial charge in [0.1, 0.15) is 23.4 Å². The number of amides is 3. The van der Waals surface area contributed by atoms with E-state index >= 15 is 0 Å². The van der Waals surface area contributed by atoms with Gasteiger partial charge in [0, 0.05) is 18.7 Å². The average molecular weight is 566 g/mol. The fourth-order valence-electron chi connectivity index (χ4n) is 4.06. The molecule has 226 valence electrons. The number of ether oxygens (including phenoxy) is 2. The number of unbranched alkanes of at least 4 members (excludes halogenated alkanes) is 4. The highest BCUT2D eigenvalue weighted by Gasteiger charge is 2.37. The zero-order valence-electron chi connectivity index (χ0n) is 24.7. The van der Waals surface area contributed by atoms with Gasteiger partial charge in [-0.25, -0.2) is 4.79 Å². The summed E-state index contributed by atoms with van der Waals surface area (Å²) in [7, 11) is 0. The first-order chi connectivity index (χ1) is 18.9. The molecule has 0 aliphatic carbocycles. The SMILES string of the molecule is CCCCCCCN(C(=O)C(CO)NC(=O)OC(C)(C)C)C(C(=O)NCCC(=O)OCC)c1cccc(C)c1O. The average Bonchev–Trinajstić information content (AvgIpc) is 2.87. The number of nitrogens with one attached hydrogen (secondary N) is 2. The van der Waals surface area contributed by atoms with Crippen molar-refractivity contribution >= 4 is 23.9 Å². The monoisotopic (exact) mass is 565 g/mol. The molecule has 1 aromatic carbocycles. The minimum Gasteiger partial charge on any atom is -0.507 e. The van der Waals surface area contributed by atoms with Gasteiger partial charge in [-0.15, -0.1) is 0 Å². The van der Waals surface area contributed by atoms with Crippen LogP contribution in [0.3, 0.4) is 0 Å². The summed E-state index contributed by atoms with van der Waals surface area (Å²) in [5.74, 6) is -1.97. The zero-order valence-corrected chi connectivity index (χ0v) is 24.7. The summed E-state index contributed by atoms with van der Waals surface area (Å²) in [4.78, 5) is 53.0. The van der Waals surface area contributed by atoms with Crippen molar-refractivity contribution in [1.29, 1.82) is 0 Å². The van der Waals surface area contributed by atoms with E-state index < -0.39 is 48.2 Å². The van der Waals surface area contributed by atoms with Gasteiger partial charge in [-0.1, -0.05) is 50.8 Å². The molecule has 4 N–H and O–H groups in total. The highest BCUT2D eigenvalue weighted by atomic mass is 16.6. The Hall–Kier alpha value is -3.34. The Labute approximate surface area is 237 Å². The van der Waals surface area contributed by atoms with Crippen molar-refractivity contribution in [1.82, 2.24) is 15.5 Å². The van der Waals surface area contributed by atoms with Crippen LogP contribution >= 0.6 is 0 Å². The molecule has 0 fully saturated rings. The van der Waals surface area contributed by atoms with Crippen molar-refractivity contribution in [2.45, 2.75) is 97.8 Å². The third-order valence-corrected chi connectivity index (χ3v) is 6.01. The van der Waals surface area contributed by atoms with Gasteiger partial charge in [0.15, 0.2) is 0 Å². The number of rotatable bonds is 16. The number of hydrogen-bond donors (Lipinski definition) is 4. The smallest absolute Gasteiger partial charge is 0.408 e. The van der Waals surface area contributed by atoms with Gasteiger partial charge in [0.05, 0.1) is 19.6 Å². The number of para-hydroxylation sites is 1. The molecule has 2 atom stereocenters. The number of benzene rings is 1. The molecule has 0 aliphatic rings. The van der Waals surface area contributed by atoms with E-state index in [2.05, 4.69) is 17.6 Å². The topological polar surface area (TPSA) is 154 Å². The third-order valence-electron chi connectivity index (χ3n) is 6.01. The lowest BCUT2D eigenvalue weighted by Crippen LogP contribution is -2.54. The maximum atomic E-state index is 13.8. The van der Waals surface area contributed by atoms with Gasteiger partial charge in [0.2, 0.25) is 11.8 Å². The van der Waals surface area contributed by atoms with Gasteiger partial charge in [-0.3, -0.25) is 14.4 Å². The van der Waals surface area contributed by atoms with Crippen LogP contribution in [0.15, 0.2) is 18.2 Å². The predicted molar refractivity (Wildman–Crippen MR) is 151 cm³/mol. The number of phenolic OH excluding ortho intramolecular Hbond substituents is 1. The van der Waals surface area contributed by atoms with Crippen LogP contribution in [0.5, 0.6) is 5.75 Å². The molecule has 40 heavy (non-hydrogen) atoms. The van der Waals surface area contributed by atoms with Crippen LogP contribution in [-0.4, -0.2) is 76.9 Å². The molecular formula is C29H47N3O8.